The Kier molecular flexibility index (Phi) is 6.22. The number of aliphatic hydroxyl groups excluding tert-OH is 1. The summed E-state index contributed by atoms with van der Waals surface area (Å²) in [5, 5.41) is 9.24. The van der Waals surface area contributed by atoms with E-state index in [0.29, 0.717) is 18.8 Å². The lowest BCUT2D eigenvalue weighted by Gasteiger charge is -2.30. The van der Waals surface area contributed by atoms with Crippen LogP contribution in [0.2, 0.25) is 0 Å². The van der Waals surface area contributed by atoms with E-state index < -0.39 is 6.29 Å². The minimum absolute atomic E-state index is 0.0151. The minimum atomic E-state index is -0.531. The molecular weight excluding hydrogens is 426 g/mol. The van der Waals surface area contributed by atoms with Gasteiger partial charge in [0, 0.05) is 26.4 Å². The zero-order chi connectivity index (χ0) is 23.7. The lowest BCUT2D eigenvalue weighted by Crippen LogP contribution is -2.32. The summed E-state index contributed by atoms with van der Waals surface area (Å²) in [6.07, 6.45) is 2.96. The van der Waals surface area contributed by atoms with Crippen LogP contribution in [0.25, 0.3) is 11.1 Å². The number of allylic oxidation sites excluding steroid dienone is 1. The van der Waals surface area contributed by atoms with Crippen LogP contribution in [0.5, 0.6) is 0 Å². The van der Waals surface area contributed by atoms with E-state index in [0.717, 1.165) is 17.5 Å². The fourth-order valence-corrected chi connectivity index (χ4v) is 4.69. The van der Waals surface area contributed by atoms with E-state index in [1.165, 1.54) is 32.7 Å². The zero-order valence-electron chi connectivity index (χ0n) is 19.5. The standard InChI is InChI=1S/C29H29NO4/c1-30(2)29(32)27-15-23(16-28(34-27)33-18-20-9-7-19(17-31)8-10-20)21-11-12-26-24(13-21)14-22-5-3-4-6-25(22)26/h3-13,15,23,28,31H,14,16-18H2,1-2H3/t23-,28+/m0/s1. The normalized spacial score (nSPS) is 18.5. The highest BCUT2D eigenvalue weighted by Gasteiger charge is 2.30. The molecule has 2 atom stereocenters. The minimum Gasteiger partial charge on any atom is -0.459 e. The Hall–Kier alpha value is -3.41. The molecule has 1 aliphatic carbocycles. The van der Waals surface area contributed by atoms with E-state index >= 15 is 0 Å². The summed E-state index contributed by atoms with van der Waals surface area (Å²) in [5.41, 5.74) is 8.29. The summed E-state index contributed by atoms with van der Waals surface area (Å²) < 4.78 is 12.1. The van der Waals surface area contributed by atoms with Crippen molar-refractivity contribution in [1.82, 2.24) is 4.90 Å². The van der Waals surface area contributed by atoms with Crippen LogP contribution >= 0.6 is 0 Å². The van der Waals surface area contributed by atoms with Crippen LogP contribution in [0.4, 0.5) is 0 Å². The third-order valence-electron chi connectivity index (χ3n) is 6.56. The van der Waals surface area contributed by atoms with Crippen LogP contribution in [-0.2, 0) is 33.9 Å². The van der Waals surface area contributed by atoms with Crippen LogP contribution in [0.1, 0.15) is 40.2 Å². The number of carbonyl (C=O) groups is 1. The molecule has 0 unspecified atom stereocenters. The highest BCUT2D eigenvalue weighted by atomic mass is 16.7. The van der Waals surface area contributed by atoms with Crippen molar-refractivity contribution in [2.75, 3.05) is 14.1 Å². The molecule has 0 radical (unpaired) electrons. The number of hydrogen-bond acceptors (Lipinski definition) is 4. The number of ether oxygens (including phenoxy) is 2. The lowest BCUT2D eigenvalue weighted by molar-refractivity contribution is -0.154. The smallest absolute Gasteiger partial charge is 0.288 e. The Labute approximate surface area is 200 Å². The highest BCUT2D eigenvalue weighted by molar-refractivity contribution is 5.91. The molecule has 174 valence electrons. The molecule has 5 rings (SSSR count). The summed E-state index contributed by atoms with van der Waals surface area (Å²) in [5.74, 6) is 0.174. The maximum absolute atomic E-state index is 12.8. The van der Waals surface area contributed by atoms with E-state index in [9.17, 15) is 9.90 Å². The predicted molar refractivity (Wildman–Crippen MR) is 131 cm³/mol. The molecular formula is C29H29NO4. The third kappa shape index (κ3) is 4.49. The topological polar surface area (TPSA) is 59.0 Å². The van der Waals surface area contributed by atoms with Crippen molar-refractivity contribution in [2.45, 2.75) is 38.3 Å². The molecule has 1 N–H and O–H groups in total. The second-order valence-electron chi connectivity index (χ2n) is 9.16. The first-order valence-corrected chi connectivity index (χ1v) is 11.6. The van der Waals surface area contributed by atoms with Crippen LogP contribution in [0, 0.1) is 0 Å². The number of carbonyl (C=O) groups excluding carboxylic acids is 1. The number of amides is 1. The summed E-state index contributed by atoms with van der Waals surface area (Å²) >= 11 is 0. The second kappa shape index (κ2) is 9.45. The van der Waals surface area contributed by atoms with E-state index in [4.69, 9.17) is 9.47 Å². The molecule has 1 aliphatic heterocycles. The highest BCUT2D eigenvalue weighted by Crippen LogP contribution is 2.40. The molecule has 0 aromatic heterocycles. The number of rotatable bonds is 6. The molecule has 0 saturated carbocycles. The van der Waals surface area contributed by atoms with Crippen molar-refractivity contribution < 1.29 is 19.4 Å². The van der Waals surface area contributed by atoms with Gasteiger partial charge < -0.3 is 19.5 Å². The molecule has 0 saturated heterocycles. The quantitative estimate of drug-likeness (QED) is 0.455. The van der Waals surface area contributed by atoms with Gasteiger partial charge >= 0.3 is 0 Å². The first kappa shape index (κ1) is 22.4. The SMILES string of the molecule is CN(C)C(=O)C1=C[C@H](c2ccc3c(c2)Cc2ccccc2-3)C[C@H](OCc2ccc(CO)cc2)O1. The van der Waals surface area contributed by atoms with Crippen molar-refractivity contribution in [3.05, 3.63) is 106 Å². The molecule has 2 aliphatic rings. The van der Waals surface area contributed by atoms with Gasteiger partial charge in [0.1, 0.15) is 0 Å². The Morgan fingerprint density at radius 3 is 2.50 bits per heavy atom. The van der Waals surface area contributed by atoms with Gasteiger partial charge in [-0.2, -0.15) is 0 Å². The van der Waals surface area contributed by atoms with Gasteiger partial charge in [-0.25, -0.2) is 0 Å². The monoisotopic (exact) mass is 455 g/mol. The maximum Gasteiger partial charge on any atom is 0.288 e. The molecule has 1 heterocycles. The van der Waals surface area contributed by atoms with E-state index in [1.807, 2.05) is 30.3 Å². The van der Waals surface area contributed by atoms with Crippen molar-refractivity contribution in [1.29, 1.82) is 0 Å². The summed E-state index contributed by atoms with van der Waals surface area (Å²) in [7, 11) is 3.45. The van der Waals surface area contributed by atoms with E-state index in [1.54, 1.807) is 14.1 Å². The Bertz CT molecular complexity index is 1230. The average molecular weight is 456 g/mol. The number of aliphatic hydroxyl groups is 1. The van der Waals surface area contributed by atoms with Crippen LogP contribution < -0.4 is 0 Å². The Balaban J connectivity index is 1.37. The maximum atomic E-state index is 12.8. The lowest BCUT2D eigenvalue weighted by atomic mass is 9.90. The number of nitrogens with zero attached hydrogens (tertiary/aromatic N) is 1. The summed E-state index contributed by atoms with van der Waals surface area (Å²) in [4.78, 5) is 14.3. The number of fused-ring (bicyclic) bond motifs is 3. The van der Waals surface area contributed by atoms with E-state index in [2.05, 4.69) is 42.5 Å². The number of benzene rings is 3. The molecule has 1 amide bonds. The largest absolute Gasteiger partial charge is 0.459 e. The van der Waals surface area contributed by atoms with Crippen LogP contribution in [0.15, 0.2) is 78.6 Å². The molecule has 5 nitrogen and oxygen atoms in total. The van der Waals surface area contributed by atoms with Crippen LogP contribution in [0.3, 0.4) is 0 Å². The van der Waals surface area contributed by atoms with Gasteiger partial charge in [-0.05, 0) is 51.4 Å². The van der Waals surface area contributed by atoms with Gasteiger partial charge in [0.2, 0.25) is 6.29 Å². The molecule has 3 aromatic rings. The predicted octanol–water partition coefficient (Wildman–Crippen LogP) is 4.77. The zero-order valence-corrected chi connectivity index (χ0v) is 19.5. The van der Waals surface area contributed by atoms with Crippen molar-refractivity contribution >= 4 is 5.91 Å². The molecule has 0 fully saturated rings. The van der Waals surface area contributed by atoms with Gasteiger partial charge in [-0.15, -0.1) is 0 Å². The first-order chi connectivity index (χ1) is 16.5. The van der Waals surface area contributed by atoms with Crippen LogP contribution in [-0.4, -0.2) is 36.3 Å². The Morgan fingerprint density at radius 1 is 1.00 bits per heavy atom. The average Bonchev–Trinajstić information content (AvgIpc) is 3.25. The fourth-order valence-electron chi connectivity index (χ4n) is 4.69. The third-order valence-corrected chi connectivity index (χ3v) is 6.56. The van der Waals surface area contributed by atoms with Gasteiger partial charge in [0.25, 0.3) is 5.91 Å². The van der Waals surface area contributed by atoms with Crippen molar-refractivity contribution in [3.8, 4) is 11.1 Å². The molecule has 34 heavy (non-hydrogen) atoms. The summed E-state index contributed by atoms with van der Waals surface area (Å²) in [6.45, 7) is 0.382. The molecule has 3 aromatic carbocycles. The first-order valence-electron chi connectivity index (χ1n) is 11.6. The second-order valence-corrected chi connectivity index (χ2v) is 9.16. The molecule has 0 bridgehead atoms. The van der Waals surface area contributed by atoms with Gasteiger partial charge in [-0.1, -0.05) is 66.7 Å². The number of likely N-dealkylation sites (N-methyl/N-ethyl adjacent to an activating group) is 1. The van der Waals surface area contributed by atoms with Crippen molar-refractivity contribution in [3.63, 3.8) is 0 Å². The van der Waals surface area contributed by atoms with Crippen molar-refractivity contribution in [2.24, 2.45) is 0 Å². The fraction of sp³-hybridized carbons (Fsp3) is 0.276. The van der Waals surface area contributed by atoms with Gasteiger partial charge in [0.05, 0.1) is 13.2 Å². The van der Waals surface area contributed by atoms with E-state index in [-0.39, 0.29) is 18.4 Å². The van der Waals surface area contributed by atoms with Gasteiger partial charge in [0.15, 0.2) is 5.76 Å². The molecule has 5 heteroatoms. The van der Waals surface area contributed by atoms with Gasteiger partial charge in [-0.3, -0.25) is 4.79 Å². The molecule has 0 spiro atoms. The summed E-state index contributed by atoms with van der Waals surface area (Å²) in [6, 6.07) is 22.8. The Morgan fingerprint density at radius 2 is 1.74 bits per heavy atom. The number of hydrogen-bond donors (Lipinski definition) is 1.